The fraction of sp³-hybridized carbons (Fsp3) is 0.154. The van der Waals surface area contributed by atoms with Crippen molar-refractivity contribution in [2.24, 2.45) is 0 Å². The summed E-state index contributed by atoms with van der Waals surface area (Å²) in [6, 6.07) is 5.40. The van der Waals surface area contributed by atoms with E-state index in [1.807, 2.05) is 0 Å². The highest BCUT2D eigenvalue weighted by molar-refractivity contribution is 6.16. The van der Waals surface area contributed by atoms with Crippen molar-refractivity contribution in [1.29, 1.82) is 0 Å². The third-order valence-corrected chi connectivity index (χ3v) is 2.65. The Balaban J connectivity index is 3.05. The number of carbonyl (C=O) groups is 3. The number of carbonyl (C=O) groups excluding carboxylic acids is 1. The van der Waals surface area contributed by atoms with E-state index >= 15 is 0 Å². The van der Waals surface area contributed by atoms with Crippen LogP contribution in [0.15, 0.2) is 30.3 Å². The zero-order valence-electron chi connectivity index (χ0n) is 10.5. The zero-order chi connectivity index (χ0) is 16.2. The van der Waals surface area contributed by atoms with E-state index in [4.69, 9.17) is 15.3 Å². The summed E-state index contributed by atoms with van der Waals surface area (Å²) >= 11 is 0. The van der Waals surface area contributed by atoms with E-state index in [1.165, 1.54) is 24.3 Å². The van der Waals surface area contributed by atoms with E-state index in [9.17, 15) is 24.6 Å². The van der Waals surface area contributed by atoms with Gasteiger partial charge in [0.1, 0.15) is 5.75 Å². The molecule has 0 aliphatic rings. The van der Waals surface area contributed by atoms with Gasteiger partial charge in [-0.3, -0.25) is 4.79 Å². The van der Waals surface area contributed by atoms with Gasteiger partial charge in [-0.25, -0.2) is 9.59 Å². The molecule has 0 radical (unpaired) electrons. The zero-order valence-corrected chi connectivity index (χ0v) is 10.5. The molecule has 0 aromatic heterocycles. The standard InChI is InChI=1S/C13H12O8/c14-8-4-1-7(2-5-8)3-6-9(15)13(21,12(19)20)10(16)11(17)18/h1-6,10,14,16,21H,(H,17,18)(H,19,20)/b6-3-. The minimum Gasteiger partial charge on any atom is -0.508 e. The summed E-state index contributed by atoms with van der Waals surface area (Å²) in [5.74, 6) is -5.76. The number of benzene rings is 1. The molecule has 0 fully saturated rings. The van der Waals surface area contributed by atoms with Crippen LogP contribution in [-0.4, -0.2) is 55.0 Å². The lowest BCUT2D eigenvalue weighted by molar-refractivity contribution is -0.184. The number of aliphatic carboxylic acids is 2. The van der Waals surface area contributed by atoms with Crippen LogP contribution >= 0.6 is 0 Å². The summed E-state index contributed by atoms with van der Waals surface area (Å²) in [4.78, 5) is 33.2. The Hall–Kier alpha value is -2.71. The van der Waals surface area contributed by atoms with Crippen molar-refractivity contribution in [3.05, 3.63) is 35.9 Å². The van der Waals surface area contributed by atoms with E-state index in [2.05, 4.69) is 0 Å². The Morgan fingerprint density at radius 3 is 2.05 bits per heavy atom. The fourth-order valence-corrected chi connectivity index (χ4v) is 1.42. The van der Waals surface area contributed by atoms with Gasteiger partial charge in [-0.1, -0.05) is 18.2 Å². The maximum atomic E-state index is 11.7. The maximum absolute atomic E-state index is 11.7. The Labute approximate surface area is 118 Å². The van der Waals surface area contributed by atoms with Gasteiger partial charge in [0.05, 0.1) is 0 Å². The number of hydrogen-bond acceptors (Lipinski definition) is 6. The van der Waals surface area contributed by atoms with Gasteiger partial charge in [0.2, 0.25) is 5.78 Å². The van der Waals surface area contributed by atoms with Crippen molar-refractivity contribution < 1.29 is 39.9 Å². The second-order valence-electron chi connectivity index (χ2n) is 4.10. The number of rotatable bonds is 6. The predicted molar refractivity (Wildman–Crippen MR) is 68.4 cm³/mol. The van der Waals surface area contributed by atoms with E-state index < -0.39 is 29.4 Å². The molecule has 1 aromatic rings. The smallest absolute Gasteiger partial charge is 0.347 e. The van der Waals surface area contributed by atoms with E-state index in [-0.39, 0.29) is 5.75 Å². The summed E-state index contributed by atoms with van der Waals surface area (Å²) < 4.78 is 0. The average Bonchev–Trinajstić information content (AvgIpc) is 2.44. The molecule has 0 saturated heterocycles. The minimum absolute atomic E-state index is 0.0261. The van der Waals surface area contributed by atoms with Gasteiger partial charge in [0, 0.05) is 0 Å². The van der Waals surface area contributed by atoms with Crippen LogP contribution in [0.4, 0.5) is 0 Å². The van der Waals surface area contributed by atoms with Crippen molar-refractivity contribution in [3.63, 3.8) is 0 Å². The lowest BCUT2D eigenvalue weighted by Gasteiger charge is -2.22. The summed E-state index contributed by atoms with van der Waals surface area (Å²) in [6.07, 6.45) is -1.08. The van der Waals surface area contributed by atoms with Crippen molar-refractivity contribution in [1.82, 2.24) is 0 Å². The molecule has 1 aromatic carbocycles. The first-order valence-corrected chi connectivity index (χ1v) is 5.57. The topological polar surface area (TPSA) is 152 Å². The molecule has 112 valence electrons. The number of ketones is 1. The molecule has 2 unspecified atom stereocenters. The van der Waals surface area contributed by atoms with Gasteiger partial charge in [-0.2, -0.15) is 0 Å². The Bertz CT molecular complexity index is 589. The van der Waals surface area contributed by atoms with E-state index in [1.54, 1.807) is 0 Å². The van der Waals surface area contributed by atoms with Crippen molar-refractivity contribution >= 4 is 23.8 Å². The first-order valence-electron chi connectivity index (χ1n) is 5.57. The van der Waals surface area contributed by atoms with Gasteiger partial charge in [0.15, 0.2) is 6.10 Å². The van der Waals surface area contributed by atoms with Gasteiger partial charge in [-0.05, 0) is 23.8 Å². The third kappa shape index (κ3) is 3.44. The molecule has 0 saturated carbocycles. The molecule has 1 rings (SSSR count). The highest BCUT2D eigenvalue weighted by Gasteiger charge is 2.53. The normalized spacial score (nSPS) is 15.3. The largest absolute Gasteiger partial charge is 0.508 e. The van der Waals surface area contributed by atoms with E-state index in [0.717, 1.165) is 6.08 Å². The Morgan fingerprint density at radius 2 is 1.62 bits per heavy atom. The molecule has 0 spiro atoms. The number of carboxylic acids is 2. The monoisotopic (exact) mass is 296 g/mol. The molecular weight excluding hydrogens is 284 g/mol. The van der Waals surface area contributed by atoms with Crippen LogP contribution in [0.3, 0.4) is 0 Å². The second-order valence-corrected chi connectivity index (χ2v) is 4.10. The van der Waals surface area contributed by atoms with Crippen molar-refractivity contribution in [3.8, 4) is 5.75 Å². The van der Waals surface area contributed by atoms with Crippen LogP contribution in [-0.2, 0) is 14.4 Å². The van der Waals surface area contributed by atoms with Gasteiger partial charge in [-0.15, -0.1) is 0 Å². The Morgan fingerprint density at radius 1 is 1.10 bits per heavy atom. The van der Waals surface area contributed by atoms with Crippen LogP contribution in [0.5, 0.6) is 5.75 Å². The fourth-order valence-electron chi connectivity index (χ4n) is 1.42. The summed E-state index contributed by atoms with van der Waals surface area (Å²) in [5, 5.41) is 45.3. The SMILES string of the molecule is O=C(O)C(O)C(O)(C(=O)O)C(=O)/C=C\c1ccc(O)cc1. The van der Waals surface area contributed by atoms with Crippen LogP contribution in [0.2, 0.25) is 0 Å². The first kappa shape index (κ1) is 16.3. The highest BCUT2D eigenvalue weighted by atomic mass is 16.4. The highest BCUT2D eigenvalue weighted by Crippen LogP contribution is 2.16. The molecule has 0 amide bonds. The van der Waals surface area contributed by atoms with Crippen molar-refractivity contribution in [2.45, 2.75) is 11.7 Å². The summed E-state index contributed by atoms with van der Waals surface area (Å²) in [7, 11) is 0. The number of phenolic OH excluding ortho intramolecular Hbond substituents is 1. The Kier molecular flexibility index (Phi) is 4.79. The lowest BCUT2D eigenvalue weighted by atomic mass is 9.91. The van der Waals surface area contributed by atoms with Gasteiger partial charge >= 0.3 is 11.9 Å². The molecule has 5 N–H and O–H groups in total. The number of aromatic hydroxyl groups is 1. The van der Waals surface area contributed by atoms with Crippen molar-refractivity contribution in [2.75, 3.05) is 0 Å². The van der Waals surface area contributed by atoms with Crippen LogP contribution in [0, 0.1) is 0 Å². The van der Waals surface area contributed by atoms with Gasteiger partial charge in [0.25, 0.3) is 5.60 Å². The van der Waals surface area contributed by atoms with Gasteiger partial charge < -0.3 is 25.5 Å². The number of hydrogen-bond donors (Lipinski definition) is 5. The van der Waals surface area contributed by atoms with E-state index in [0.29, 0.717) is 11.6 Å². The average molecular weight is 296 g/mol. The lowest BCUT2D eigenvalue weighted by Crippen LogP contribution is -2.58. The molecule has 0 aliphatic heterocycles. The summed E-state index contributed by atoms with van der Waals surface area (Å²) in [5.41, 5.74) is -3.10. The molecular formula is C13H12O8. The molecule has 8 nitrogen and oxygen atoms in total. The number of aliphatic hydroxyl groups is 2. The first-order chi connectivity index (χ1) is 9.69. The molecule has 2 atom stereocenters. The predicted octanol–water partition coefficient (Wildman–Crippen LogP) is -0.764. The maximum Gasteiger partial charge on any atom is 0.347 e. The van der Waals surface area contributed by atoms with Crippen LogP contribution in [0.1, 0.15) is 5.56 Å². The quantitative estimate of drug-likeness (QED) is 0.339. The molecule has 8 heteroatoms. The number of aliphatic hydroxyl groups excluding tert-OH is 1. The molecule has 0 bridgehead atoms. The second kappa shape index (κ2) is 6.16. The molecule has 0 aliphatic carbocycles. The molecule has 21 heavy (non-hydrogen) atoms. The van der Waals surface area contributed by atoms with Crippen LogP contribution in [0.25, 0.3) is 6.08 Å². The number of phenols is 1. The third-order valence-electron chi connectivity index (χ3n) is 2.65. The minimum atomic E-state index is -3.49. The summed E-state index contributed by atoms with van der Waals surface area (Å²) in [6.45, 7) is 0. The van der Waals surface area contributed by atoms with Crippen LogP contribution < -0.4 is 0 Å². The number of carboxylic acid groups (broad SMARTS) is 2. The molecule has 0 heterocycles.